The zero-order valence-corrected chi connectivity index (χ0v) is 8.06. The Kier molecular flexibility index (Phi) is 2.39. The highest BCUT2D eigenvalue weighted by atomic mass is 16.5. The van der Waals surface area contributed by atoms with E-state index in [4.69, 9.17) is 15.2 Å². The molecule has 1 aliphatic carbocycles. The average molecular weight is 195 g/mol. The molecule has 0 amide bonds. The molecule has 0 aliphatic heterocycles. The van der Waals surface area contributed by atoms with Crippen LogP contribution in [0, 0.1) is 5.92 Å². The van der Waals surface area contributed by atoms with Gasteiger partial charge in [-0.15, -0.1) is 0 Å². The molecular formula is C9H13N3O2. The van der Waals surface area contributed by atoms with Gasteiger partial charge in [0.15, 0.2) is 0 Å². The van der Waals surface area contributed by atoms with E-state index in [1.54, 1.807) is 6.07 Å². The Morgan fingerprint density at radius 2 is 2.14 bits per heavy atom. The summed E-state index contributed by atoms with van der Waals surface area (Å²) >= 11 is 0. The van der Waals surface area contributed by atoms with Gasteiger partial charge in [-0.05, 0) is 18.8 Å². The normalized spacial score (nSPS) is 15.2. The van der Waals surface area contributed by atoms with Crippen LogP contribution in [-0.2, 0) is 0 Å². The fourth-order valence-corrected chi connectivity index (χ4v) is 1.09. The second-order valence-electron chi connectivity index (χ2n) is 3.36. The number of hydrogen-bond donors (Lipinski definition) is 1. The largest absolute Gasteiger partial charge is 0.481 e. The van der Waals surface area contributed by atoms with Gasteiger partial charge >= 0.3 is 0 Å². The van der Waals surface area contributed by atoms with E-state index in [0.29, 0.717) is 24.3 Å². The predicted molar refractivity (Wildman–Crippen MR) is 51.2 cm³/mol. The highest BCUT2D eigenvalue weighted by Gasteiger charge is 2.22. The van der Waals surface area contributed by atoms with Crippen molar-refractivity contribution in [3.8, 4) is 11.8 Å². The van der Waals surface area contributed by atoms with Crippen LogP contribution < -0.4 is 15.2 Å². The molecule has 0 saturated heterocycles. The Morgan fingerprint density at radius 3 is 2.79 bits per heavy atom. The van der Waals surface area contributed by atoms with Crippen molar-refractivity contribution in [3.63, 3.8) is 0 Å². The maximum absolute atomic E-state index is 5.47. The van der Waals surface area contributed by atoms with Crippen molar-refractivity contribution in [2.24, 2.45) is 5.92 Å². The molecule has 2 N–H and O–H groups in total. The molecule has 14 heavy (non-hydrogen) atoms. The van der Waals surface area contributed by atoms with Crippen LogP contribution in [-0.4, -0.2) is 23.7 Å². The lowest BCUT2D eigenvalue weighted by molar-refractivity contribution is 0.285. The summed E-state index contributed by atoms with van der Waals surface area (Å²) in [5, 5.41) is 0. The summed E-state index contributed by atoms with van der Waals surface area (Å²) in [4.78, 5) is 7.81. The molecular weight excluding hydrogens is 182 g/mol. The third-order valence-corrected chi connectivity index (χ3v) is 2.07. The Morgan fingerprint density at radius 1 is 1.43 bits per heavy atom. The van der Waals surface area contributed by atoms with E-state index >= 15 is 0 Å². The van der Waals surface area contributed by atoms with Crippen molar-refractivity contribution in [2.45, 2.75) is 12.8 Å². The number of rotatable bonds is 4. The molecule has 0 radical (unpaired) electrons. The van der Waals surface area contributed by atoms with Crippen LogP contribution in [0.25, 0.3) is 0 Å². The maximum atomic E-state index is 5.47. The molecule has 0 spiro atoms. The van der Waals surface area contributed by atoms with Crippen LogP contribution >= 0.6 is 0 Å². The van der Waals surface area contributed by atoms with Crippen molar-refractivity contribution in [1.29, 1.82) is 0 Å². The van der Waals surface area contributed by atoms with Crippen molar-refractivity contribution < 1.29 is 9.47 Å². The number of aromatic nitrogens is 2. The summed E-state index contributed by atoms with van der Waals surface area (Å²) in [5.74, 6) is 1.79. The minimum atomic E-state index is 0.176. The number of nitrogens with zero attached hydrogens (tertiary/aromatic N) is 2. The molecule has 1 aromatic rings. The van der Waals surface area contributed by atoms with E-state index in [0.717, 1.165) is 0 Å². The summed E-state index contributed by atoms with van der Waals surface area (Å²) in [5.41, 5.74) is 5.47. The highest BCUT2D eigenvalue weighted by molar-refractivity contribution is 5.29. The van der Waals surface area contributed by atoms with Gasteiger partial charge in [-0.3, -0.25) is 0 Å². The molecule has 1 fully saturated rings. The summed E-state index contributed by atoms with van der Waals surface area (Å²) in [7, 11) is 1.53. The zero-order chi connectivity index (χ0) is 9.97. The number of nitrogen functional groups attached to an aromatic ring is 1. The van der Waals surface area contributed by atoms with Crippen molar-refractivity contribution in [1.82, 2.24) is 9.97 Å². The van der Waals surface area contributed by atoms with E-state index in [1.165, 1.54) is 20.0 Å². The van der Waals surface area contributed by atoms with Crippen molar-refractivity contribution in [3.05, 3.63) is 6.07 Å². The molecule has 1 aromatic heterocycles. The summed E-state index contributed by atoms with van der Waals surface area (Å²) < 4.78 is 10.4. The van der Waals surface area contributed by atoms with Crippen LogP contribution in [0.1, 0.15) is 12.8 Å². The van der Waals surface area contributed by atoms with E-state index in [-0.39, 0.29) is 5.95 Å². The smallest absolute Gasteiger partial charge is 0.226 e. The highest BCUT2D eigenvalue weighted by Crippen LogP contribution is 2.29. The molecule has 0 unspecified atom stereocenters. The van der Waals surface area contributed by atoms with E-state index in [1.807, 2.05) is 0 Å². The molecule has 1 heterocycles. The second-order valence-corrected chi connectivity index (χ2v) is 3.36. The first kappa shape index (κ1) is 9.05. The predicted octanol–water partition coefficient (Wildman–Crippen LogP) is 0.856. The Bertz CT molecular complexity index is 326. The van der Waals surface area contributed by atoms with E-state index < -0.39 is 0 Å². The van der Waals surface area contributed by atoms with Crippen LogP contribution in [0.4, 0.5) is 5.95 Å². The fraction of sp³-hybridized carbons (Fsp3) is 0.556. The quantitative estimate of drug-likeness (QED) is 0.771. The van der Waals surface area contributed by atoms with E-state index in [2.05, 4.69) is 9.97 Å². The molecule has 0 aromatic carbocycles. The molecule has 76 valence electrons. The number of methoxy groups -OCH3 is 1. The lowest BCUT2D eigenvalue weighted by atomic mass is 10.5. The molecule has 1 saturated carbocycles. The maximum Gasteiger partial charge on any atom is 0.226 e. The van der Waals surface area contributed by atoms with Gasteiger partial charge in [-0.25, -0.2) is 0 Å². The minimum Gasteiger partial charge on any atom is -0.481 e. The average Bonchev–Trinajstić information content (AvgIpc) is 2.97. The molecule has 5 nitrogen and oxygen atoms in total. The number of hydrogen-bond acceptors (Lipinski definition) is 5. The summed E-state index contributed by atoms with van der Waals surface area (Å²) in [6.07, 6.45) is 2.50. The van der Waals surface area contributed by atoms with Gasteiger partial charge in [0, 0.05) is 0 Å². The first-order valence-corrected chi connectivity index (χ1v) is 4.59. The van der Waals surface area contributed by atoms with Crippen molar-refractivity contribution in [2.75, 3.05) is 19.5 Å². The Balaban J connectivity index is 2.03. The second kappa shape index (κ2) is 3.69. The summed E-state index contributed by atoms with van der Waals surface area (Å²) in [6.45, 7) is 0.708. The van der Waals surface area contributed by atoms with Gasteiger partial charge < -0.3 is 15.2 Å². The molecule has 2 rings (SSSR count). The van der Waals surface area contributed by atoms with Gasteiger partial charge in [0.05, 0.1) is 19.8 Å². The molecule has 5 heteroatoms. The Labute approximate surface area is 82.3 Å². The number of nitrogens with two attached hydrogens (primary N) is 1. The lowest BCUT2D eigenvalue weighted by Crippen LogP contribution is -2.04. The van der Waals surface area contributed by atoms with Crippen LogP contribution in [0.2, 0.25) is 0 Å². The first-order valence-electron chi connectivity index (χ1n) is 4.59. The fourth-order valence-electron chi connectivity index (χ4n) is 1.09. The van der Waals surface area contributed by atoms with Gasteiger partial charge in [-0.2, -0.15) is 9.97 Å². The lowest BCUT2D eigenvalue weighted by Gasteiger charge is -2.05. The standard InChI is InChI=1S/C9H13N3O2/c1-13-7-4-8(12-9(10)11-7)14-5-6-2-3-6/h4,6H,2-3,5H2,1H3,(H2,10,11,12). The van der Waals surface area contributed by atoms with Crippen LogP contribution in [0.5, 0.6) is 11.8 Å². The number of anilines is 1. The SMILES string of the molecule is COc1cc(OCC2CC2)nc(N)n1. The van der Waals surface area contributed by atoms with Crippen LogP contribution in [0.3, 0.4) is 0 Å². The molecule has 0 bridgehead atoms. The van der Waals surface area contributed by atoms with Gasteiger partial charge in [0.2, 0.25) is 17.7 Å². The van der Waals surface area contributed by atoms with Gasteiger partial charge in [0.1, 0.15) is 0 Å². The van der Waals surface area contributed by atoms with Gasteiger partial charge in [-0.1, -0.05) is 0 Å². The topological polar surface area (TPSA) is 70.3 Å². The zero-order valence-electron chi connectivity index (χ0n) is 8.06. The van der Waals surface area contributed by atoms with Gasteiger partial charge in [0.25, 0.3) is 0 Å². The third-order valence-electron chi connectivity index (χ3n) is 2.07. The Hall–Kier alpha value is -1.52. The van der Waals surface area contributed by atoms with Crippen molar-refractivity contribution >= 4 is 5.95 Å². The monoisotopic (exact) mass is 195 g/mol. The minimum absolute atomic E-state index is 0.176. The molecule has 0 atom stereocenters. The number of ether oxygens (including phenoxy) is 2. The molecule has 1 aliphatic rings. The first-order chi connectivity index (χ1) is 6.78. The van der Waals surface area contributed by atoms with E-state index in [9.17, 15) is 0 Å². The summed E-state index contributed by atoms with van der Waals surface area (Å²) in [6, 6.07) is 1.64. The third kappa shape index (κ3) is 2.25. The van der Waals surface area contributed by atoms with Crippen LogP contribution in [0.15, 0.2) is 6.07 Å².